The lowest BCUT2D eigenvalue weighted by Crippen LogP contribution is -2.35. The molecule has 3 aromatic rings. The van der Waals surface area contributed by atoms with Crippen molar-refractivity contribution in [1.29, 1.82) is 0 Å². The molecule has 1 aromatic heterocycles. The van der Waals surface area contributed by atoms with Crippen LogP contribution in [0, 0.1) is 0 Å². The number of fused-ring (bicyclic) bond motifs is 1. The number of nitrogens with one attached hydrogen (secondary N) is 2. The summed E-state index contributed by atoms with van der Waals surface area (Å²) in [4.78, 5) is 14.1. The Morgan fingerprint density at radius 2 is 1.96 bits per heavy atom. The maximum Gasteiger partial charge on any atom is 0.404 e. The smallest absolute Gasteiger partial charge is 0.404 e. The van der Waals surface area contributed by atoms with Crippen LogP contribution in [0.15, 0.2) is 59.2 Å². The summed E-state index contributed by atoms with van der Waals surface area (Å²) in [7, 11) is 0. The van der Waals surface area contributed by atoms with Gasteiger partial charge in [0.05, 0.1) is 6.04 Å². The standard InChI is InChI=1S/C18H18BrN3O3/c19-14-7-4-8-15-17(14)13(9-20-15)16(10-21-18(23)24)22(25)11-12-5-2-1-3-6-12/h1-9,16,20-21,25H,10-11H2,(H,23,24). The Balaban J connectivity index is 1.94. The van der Waals surface area contributed by atoms with E-state index in [2.05, 4.69) is 26.2 Å². The lowest BCUT2D eigenvalue weighted by Gasteiger charge is -2.26. The van der Waals surface area contributed by atoms with Gasteiger partial charge in [-0.2, -0.15) is 5.06 Å². The summed E-state index contributed by atoms with van der Waals surface area (Å²) in [6, 6.07) is 14.8. The summed E-state index contributed by atoms with van der Waals surface area (Å²) in [6.45, 7) is 0.344. The zero-order chi connectivity index (χ0) is 17.8. The molecule has 6 nitrogen and oxygen atoms in total. The van der Waals surface area contributed by atoms with E-state index in [9.17, 15) is 10.0 Å². The molecule has 4 N–H and O–H groups in total. The zero-order valence-corrected chi connectivity index (χ0v) is 14.9. The monoisotopic (exact) mass is 403 g/mol. The average Bonchev–Trinajstić information content (AvgIpc) is 3.01. The minimum atomic E-state index is -1.13. The van der Waals surface area contributed by atoms with E-state index in [4.69, 9.17) is 5.11 Å². The fraction of sp³-hybridized carbons (Fsp3) is 0.167. The molecule has 0 aliphatic heterocycles. The number of hydrogen-bond acceptors (Lipinski definition) is 3. The number of aromatic nitrogens is 1. The highest BCUT2D eigenvalue weighted by molar-refractivity contribution is 9.10. The molecule has 0 radical (unpaired) electrons. The number of rotatable bonds is 6. The van der Waals surface area contributed by atoms with E-state index in [0.29, 0.717) is 0 Å². The molecule has 1 heterocycles. The van der Waals surface area contributed by atoms with Gasteiger partial charge in [-0.05, 0) is 23.3 Å². The van der Waals surface area contributed by atoms with Gasteiger partial charge >= 0.3 is 6.09 Å². The molecule has 3 rings (SSSR count). The first kappa shape index (κ1) is 17.5. The highest BCUT2D eigenvalue weighted by Gasteiger charge is 2.24. The van der Waals surface area contributed by atoms with Crippen molar-refractivity contribution < 1.29 is 15.1 Å². The van der Waals surface area contributed by atoms with E-state index < -0.39 is 12.1 Å². The van der Waals surface area contributed by atoms with Crippen LogP contribution in [-0.4, -0.2) is 33.0 Å². The van der Waals surface area contributed by atoms with Crippen LogP contribution in [0.1, 0.15) is 17.2 Å². The average molecular weight is 404 g/mol. The van der Waals surface area contributed by atoms with Gasteiger partial charge in [0.2, 0.25) is 0 Å². The van der Waals surface area contributed by atoms with Gasteiger partial charge in [0.25, 0.3) is 0 Å². The van der Waals surface area contributed by atoms with Gasteiger partial charge in [-0.15, -0.1) is 0 Å². The van der Waals surface area contributed by atoms with E-state index in [1.165, 1.54) is 0 Å². The zero-order valence-electron chi connectivity index (χ0n) is 13.3. The van der Waals surface area contributed by atoms with Crippen molar-refractivity contribution in [3.8, 4) is 0 Å². The van der Waals surface area contributed by atoms with Crippen LogP contribution in [0.2, 0.25) is 0 Å². The molecule has 1 atom stereocenters. The Morgan fingerprint density at radius 3 is 2.68 bits per heavy atom. The minimum Gasteiger partial charge on any atom is -0.465 e. The van der Waals surface area contributed by atoms with Gasteiger partial charge in [-0.1, -0.05) is 52.3 Å². The van der Waals surface area contributed by atoms with E-state index in [1.54, 1.807) is 6.20 Å². The molecule has 0 saturated carbocycles. The van der Waals surface area contributed by atoms with Crippen LogP contribution in [0.5, 0.6) is 0 Å². The predicted molar refractivity (Wildman–Crippen MR) is 98.5 cm³/mol. The molecule has 0 saturated heterocycles. The second-order valence-electron chi connectivity index (χ2n) is 5.69. The van der Waals surface area contributed by atoms with Crippen molar-refractivity contribution in [1.82, 2.24) is 15.4 Å². The van der Waals surface area contributed by atoms with Crippen LogP contribution in [0.25, 0.3) is 10.9 Å². The summed E-state index contributed by atoms with van der Waals surface area (Å²) < 4.78 is 0.884. The number of hydrogen-bond donors (Lipinski definition) is 4. The van der Waals surface area contributed by atoms with E-state index in [-0.39, 0.29) is 13.1 Å². The van der Waals surface area contributed by atoms with Gasteiger partial charge in [0.15, 0.2) is 0 Å². The van der Waals surface area contributed by atoms with Gasteiger partial charge < -0.3 is 20.6 Å². The van der Waals surface area contributed by atoms with Crippen molar-refractivity contribution in [2.24, 2.45) is 0 Å². The molecule has 0 fully saturated rings. The Bertz CT molecular complexity index is 866. The number of amides is 1. The normalized spacial score (nSPS) is 12.4. The van der Waals surface area contributed by atoms with Crippen LogP contribution >= 0.6 is 15.9 Å². The van der Waals surface area contributed by atoms with Crippen molar-refractivity contribution in [2.45, 2.75) is 12.6 Å². The van der Waals surface area contributed by atoms with Crippen LogP contribution in [0.4, 0.5) is 4.79 Å². The molecule has 25 heavy (non-hydrogen) atoms. The van der Waals surface area contributed by atoms with E-state index in [0.717, 1.165) is 31.6 Å². The summed E-state index contributed by atoms with van der Waals surface area (Å²) in [5, 5.41) is 24.1. The fourth-order valence-electron chi connectivity index (χ4n) is 2.87. The third-order valence-electron chi connectivity index (χ3n) is 4.04. The molecule has 7 heteroatoms. The molecule has 0 bridgehead atoms. The molecule has 0 aliphatic carbocycles. The number of hydroxylamine groups is 2. The molecule has 130 valence electrons. The Morgan fingerprint density at radius 1 is 1.20 bits per heavy atom. The Kier molecular flexibility index (Phi) is 5.37. The SMILES string of the molecule is O=C(O)NCC(c1c[nH]c2cccc(Br)c12)N(O)Cc1ccccc1. The Hall–Kier alpha value is -2.35. The number of halogens is 1. The molecule has 2 aromatic carbocycles. The first-order valence-electron chi connectivity index (χ1n) is 7.78. The molecule has 0 spiro atoms. The summed E-state index contributed by atoms with van der Waals surface area (Å²) in [6.07, 6.45) is 0.676. The van der Waals surface area contributed by atoms with Gasteiger partial charge in [0, 0.05) is 34.7 Å². The number of H-pyrrole nitrogens is 1. The number of carboxylic acid groups (broad SMARTS) is 1. The van der Waals surface area contributed by atoms with E-state index >= 15 is 0 Å². The molecular formula is C18H18BrN3O3. The van der Waals surface area contributed by atoms with Gasteiger partial charge in [-0.3, -0.25) is 0 Å². The highest BCUT2D eigenvalue weighted by Crippen LogP contribution is 2.33. The summed E-state index contributed by atoms with van der Waals surface area (Å²) in [5.74, 6) is 0. The van der Waals surface area contributed by atoms with Crippen LogP contribution < -0.4 is 5.32 Å². The van der Waals surface area contributed by atoms with Crippen molar-refractivity contribution in [3.05, 3.63) is 70.3 Å². The maximum absolute atomic E-state index is 11.0. The van der Waals surface area contributed by atoms with Crippen LogP contribution in [-0.2, 0) is 6.54 Å². The third kappa shape index (κ3) is 4.01. The summed E-state index contributed by atoms with van der Waals surface area (Å²) >= 11 is 3.53. The van der Waals surface area contributed by atoms with Crippen molar-refractivity contribution >= 4 is 32.9 Å². The fourth-order valence-corrected chi connectivity index (χ4v) is 3.46. The van der Waals surface area contributed by atoms with E-state index in [1.807, 2.05) is 48.5 Å². The minimum absolute atomic E-state index is 0.0625. The molecule has 1 unspecified atom stereocenters. The summed E-state index contributed by atoms with van der Waals surface area (Å²) in [5.41, 5.74) is 2.66. The molecule has 1 amide bonds. The second-order valence-corrected chi connectivity index (χ2v) is 6.55. The predicted octanol–water partition coefficient (Wildman–Crippen LogP) is 4.13. The van der Waals surface area contributed by atoms with Gasteiger partial charge in [0.1, 0.15) is 0 Å². The maximum atomic E-state index is 11.0. The number of aromatic amines is 1. The first-order valence-corrected chi connectivity index (χ1v) is 8.57. The third-order valence-corrected chi connectivity index (χ3v) is 4.70. The highest BCUT2D eigenvalue weighted by atomic mass is 79.9. The topological polar surface area (TPSA) is 88.6 Å². The van der Waals surface area contributed by atoms with Crippen molar-refractivity contribution in [3.63, 3.8) is 0 Å². The first-order chi connectivity index (χ1) is 12.1. The van der Waals surface area contributed by atoms with Crippen LogP contribution in [0.3, 0.4) is 0 Å². The number of benzene rings is 2. The van der Waals surface area contributed by atoms with Gasteiger partial charge in [-0.25, -0.2) is 4.79 Å². The lowest BCUT2D eigenvalue weighted by atomic mass is 10.0. The molecule has 0 aliphatic rings. The molecular weight excluding hydrogens is 386 g/mol. The number of carbonyl (C=O) groups is 1. The number of nitrogens with zero attached hydrogens (tertiary/aromatic N) is 1. The van der Waals surface area contributed by atoms with Crippen molar-refractivity contribution in [2.75, 3.05) is 6.54 Å². The largest absolute Gasteiger partial charge is 0.465 e. The second kappa shape index (κ2) is 7.69. The quantitative estimate of drug-likeness (QED) is 0.465. The lowest BCUT2D eigenvalue weighted by molar-refractivity contribution is -0.135. The Labute approximate surface area is 153 Å².